The third-order valence-electron chi connectivity index (χ3n) is 3.64. The summed E-state index contributed by atoms with van der Waals surface area (Å²) in [6, 6.07) is 7.48. The van der Waals surface area contributed by atoms with Gasteiger partial charge in [0.05, 0.1) is 5.69 Å². The van der Waals surface area contributed by atoms with E-state index in [4.69, 9.17) is 0 Å². The molecule has 1 aromatic rings. The second-order valence-electron chi connectivity index (χ2n) is 4.86. The third-order valence-corrected chi connectivity index (χ3v) is 5.12. The van der Waals surface area contributed by atoms with E-state index in [0.29, 0.717) is 16.6 Å². The van der Waals surface area contributed by atoms with Gasteiger partial charge in [0.1, 0.15) is 4.90 Å². The Morgan fingerprint density at radius 3 is 2.74 bits per heavy atom. The number of para-hydroxylation sites is 1. The first-order valence-corrected chi connectivity index (χ1v) is 7.99. The summed E-state index contributed by atoms with van der Waals surface area (Å²) in [6.45, 7) is 1.88. The van der Waals surface area contributed by atoms with E-state index in [1.807, 2.05) is 6.07 Å². The van der Waals surface area contributed by atoms with Crippen LogP contribution in [0.2, 0.25) is 0 Å². The Labute approximate surface area is 115 Å². The molecule has 1 fully saturated rings. The maximum Gasteiger partial charge on any atom is 0.242 e. The number of hydrogen-bond acceptors (Lipinski definition) is 4. The molecule has 0 aliphatic carbocycles. The minimum absolute atomic E-state index is 0.304. The molecule has 0 radical (unpaired) electrons. The highest BCUT2D eigenvalue weighted by molar-refractivity contribution is 7.89. The number of benzene rings is 1. The highest BCUT2D eigenvalue weighted by atomic mass is 32.2. The van der Waals surface area contributed by atoms with Crippen LogP contribution in [-0.4, -0.2) is 46.5 Å². The van der Waals surface area contributed by atoms with E-state index < -0.39 is 10.0 Å². The molecule has 0 spiro atoms. The van der Waals surface area contributed by atoms with Crippen molar-refractivity contribution in [2.24, 2.45) is 0 Å². The number of nitrogens with zero attached hydrogens (tertiary/aromatic N) is 1. The molecule has 0 amide bonds. The topological polar surface area (TPSA) is 61.4 Å². The molecular weight excluding hydrogens is 262 g/mol. The monoisotopic (exact) mass is 283 g/mol. The lowest BCUT2D eigenvalue weighted by Gasteiger charge is -2.21. The van der Waals surface area contributed by atoms with Gasteiger partial charge in [-0.1, -0.05) is 12.1 Å². The summed E-state index contributed by atoms with van der Waals surface area (Å²) >= 11 is 0. The van der Waals surface area contributed by atoms with Gasteiger partial charge >= 0.3 is 0 Å². The van der Waals surface area contributed by atoms with Crippen LogP contribution in [0.4, 0.5) is 5.69 Å². The Morgan fingerprint density at radius 2 is 2.11 bits per heavy atom. The van der Waals surface area contributed by atoms with Crippen molar-refractivity contribution in [3.05, 3.63) is 24.3 Å². The van der Waals surface area contributed by atoms with Crippen molar-refractivity contribution in [2.75, 3.05) is 32.5 Å². The van der Waals surface area contributed by atoms with Gasteiger partial charge in [-0.3, -0.25) is 0 Å². The predicted octanol–water partition coefficient (Wildman–Crippen LogP) is 1.10. The van der Waals surface area contributed by atoms with Gasteiger partial charge in [-0.2, -0.15) is 0 Å². The summed E-state index contributed by atoms with van der Waals surface area (Å²) in [4.78, 5) is 2.61. The SMILES string of the molecule is CNS(=O)(=O)c1ccccc1NCC1CCCN1C. The zero-order chi connectivity index (χ0) is 13.9. The van der Waals surface area contributed by atoms with Crippen LogP contribution >= 0.6 is 0 Å². The van der Waals surface area contributed by atoms with Crippen LogP contribution in [0.25, 0.3) is 0 Å². The fourth-order valence-electron chi connectivity index (χ4n) is 2.42. The standard InChI is InChI=1S/C13H21N3O2S/c1-14-19(17,18)13-8-4-3-7-12(13)15-10-11-6-5-9-16(11)2/h3-4,7-8,11,14-15H,5-6,9-10H2,1-2H3. The largest absolute Gasteiger partial charge is 0.382 e. The third kappa shape index (κ3) is 3.26. The number of likely N-dealkylation sites (N-methyl/N-ethyl adjacent to an activating group) is 1. The minimum Gasteiger partial charge on any atom is -0.382 e. The van der Waals surface area contributed by atoms with Crippen molar-refractivity contribution in [1.29, 1.82) is 0 Å². The molecule has 19 heavy (non-hydrogen) atoms. The van der Waals surface area contributed by atoms with Crippen molar-refractivity contribution in [2.45, 2.75) is 23.8 Å². The molecule has 2 rings (SSSR count). The molecular formula is C13H21N3O2S. The van der Waals surface area contributed by atoms with Gasteiger partial charge in [-0.15, -0.1) is 0 Å². The summed E-state index contributed by atoms with van der Waals surface area (Å²) in [5.41, 5.74) is 0.664. The lowest BCUT2D eigenvalue weighted by Crippen LogP contribution is -2.32. The van der Waals surface area contributed by atoms with Gasteiger partial charge in [-0.05, 0) is 45.6 Å². The molecule has 0 saturated carbocycles. The molecule has 6 heteroatoms. The van der Waals surface area contributed by atoms with Gasteiger partial charge in [0.2, 0.25) is 10.0 Å². The maximum atomic E-state index is 11.9. The summed E-state index contributed by atoms with van der Waals surface area (Å²) in [5.74, 6) is 0. The van der Waals surface area contributed by atoms with E-state index in [9.17, 15) is 8.42 Å². The zero-order valence-electron chi connectivity index (χ0n) is 11.4. The first-order valence-electron chi connectivity index (χ1n) is 6.51. The molecule has 1 aliphatic heterocycles. The maximum absolute atomic E-state index is 11.9. The number of anilines is 1. The Balaban J connectivity index is 2.12. The Kier molecular flexibility index (Phi) is 4.44. The van der Waals surface area contributed by atoms with E-state index in [0.717, 1.165) is 19.5 Å². The van der Waals surface area contributed by atoms with Crippen molar-refractivity contribution < 1.29 is 8.42 Å². The second kappa shape index (κ2) is 5.90. The van der Waals surface area contributed by atoms with E-state index >= 15 is 0 Å². The Morgan fingerprint density at radius 1 is 1.37 bits per heavy atom. The average Bonchev–Trinajstić information content (AvgIpc) is 2.82. The normalized spacial score (nSPS) is 20.6. The second-order valence-corrected chi connectivity index (χ2v) is 6.72. The molecule has 1 aliphatic rings. The summed E-state index contributed by atoms with van der Waals surface area (Å²) in [6.07, 6.45) is 2.36. The van der Waals surface area contributed by atoms with Crippen LogP contribution in [0.1, 0.15) is 12.8 Å². The fraction of sp³-hybridized carbons (Fsp3) is 0.538. The van der Waals surface area contributed by atoms with Gasteiger partial charge in [0.15, 0.2) is 0 Å². The highest BCUT2D eigenvalue weighted by Crippen LogP contribution is 2.22. The smallest absolute Gasteiger partial charge is 0.242 e. The first kappa shape index (κ1) is 14.3. The molecule has 5 nitrogen and oxygen atoms in total. The van der Waals surface area contributed by atoms with E-state index in [1.165, 1.54) is 13.5 Å². The summed E-state index contributed by atoms with van der Waals surface area (Å²) in [7, 11) is 0.120. The van der Waals surface area contributed by atoms with Crippen molar-refractivity contribution in [1.82, 2.24) is 9.62 Å². The number of nitrogens with one attached hydrogen (secondary N) is 2. The van der Waals surface area contributed by atoms with Crippen molar-refractivity contribution >= 4 is 15.7 Å². The number of hydrogen-bond donors (Lipinski definition) is 2. The number of rotatable bonds is 5. The highest BCUT2D eigenvalue weighted by Gasteiger charge is 2.22. The Bertz CT molecular complexity index is 530. The zero-order valence-corrected chi connectivity index (χ0v) is 12.2. The number of likely N-dealkylation sites (tertiary alicyclic amines) is 1. The van der Waals surface area contributed by atoms with Gasteiger partial charge < -0.3 is 10.2 Å². The average molecular weight is 283 g/mol. The molecule has 1 aromatic carbocycles. The van der Waals surface area contributed by atoms with Crippen LogP contribution in [0.5, 0.6) is 0 Å². The molecule has 1 unspecified atom stereocenters. The van der Waals surface area contributed by atoms with Crippen LogP contribution in [0, 0.1) is 0 Å². The molecule has 106 valence electrons. The molecule has 0 aromatic heterocycles. The van der Waals surface area contributed by atoms with Crippen LogP contribution in [-0.2, 0) is 10.0 Å². The van der Waals surface area contributed by atoms with Crippen LogP contribution in [0.3, 0.4) is 0 Å². The van der Waals surface area contributed by atoms with Crippen LogP contribution < -0.4 is 10.0 Å². The van der Waals surface area contributed by atoms with Crippen molar-refractivity contribution in [3.8, 4) is 0 Å². The van der Waals surface area contributed by atoms with E-state index in [1.54, 1.807) is 18.2 Å². The predicted molar refractivity (Wildman–Crippen MR) is 76.8 cm³/mol. The number of sulfonamides is 1. The van der Waals surface area contributed by atoms with Gasteiger partial charge in [-0.25, -0.2) is 13.1 Å². The van der Waals surface area contributed by atoms with E-state index in [2.05, 4.69) is 22.0 Å². The quantitative estimate of drug-likeness (QED) is 0.849. The summed E-state index contributed by atoms with van der Waals surface area (Å²) in [5, 5.41) is 3.27. The first-order chi connectivity index (χ1) is 9.04. The molecule has 1 heterocycles. The fourth-order valence-corrected chi connectivity index (χ4v) is 3.33. The lowest BCUT2D eigenvalue weighted by molar-refractivity contribution is 0.322. The molecule has 2 N–H and O–H groups in total. The molecule has 1 atom stereocenters. The summed E-state index contributed by atoms with van der Waals surface area (Å²) < 4.78 is 26.2. The van der Waals surface area contributed by atoms with E-state index in [-0.39, 0.29) is 0 Å². The van der Waals surface area contributed by atoms with Gasteiger partial charge in [0.25, 0.3) is 0 Å². The van der Waals surface area contributed by atoms with Crippen molar-refractivity contribution in [3.63, 3.8) is 0 Å². The lowest BCUT2D eigenvalue weighted by atomic mass is 10.2. The molecule has 1 saturated heterocycles. The minimum atomic E-state index is -3.41. The Hall–Kier alpha value is -1.11. The van der Waals surface area contributed by atoms with Crippen LogP contribution in [0.15, 0.2) is 29.2 Å². The van der Waals surface area contributed by atoms with Gasteiger partial charge in [0, 0.05) is 12.6 Å². The molecule has 0 bridgehead atoms.